The van der Waals surface area contributed by atoms with Crippen LogP contribution in [0.5, 0.6) is 0 Å². The normalized spacial score (nSPS) is 14.0. The molecule has 0 bridgehead atoms. The fourth-order valence-electron chi connectivity index (χ4n) is 2.12. The second kappa shape index (κ2) is 8.39. The Balaban J connectivity index is 2.23. The van der Waals surface area contributed by atoms with E-state index in [-0.39, 0.29) is 18.3 Å². The van der Waals surface area contributed by atoms with E-state index in [0.29, 0.717) is 24.5 Å². The zero-order valence-electron chi connectivity index (χ0n) is 12.9. The van der Waals surface area contributed by atoms with Crippen LogP contribution in [0.1, 0.15) is 33.6 Å². The van der Waals surface area contributed by atoms with Crippen LogP contribution in [0.25, 0.3) is 0 Å². The Morgan fingerprint density at radius 1 is 1.38 bits per heavy atom. The number of nitrogens with one attached hydrogen (secondary N) is 1. The van der Waals surface area contributed by atoms with Crippen LogP contribution in [0.3, 0.4) is 0 Å². The van der Waals surface area contributed by atoms with Gasteiger partial charge in [-0.3, -0.25) is 4.79 Å². The van der Waals surface area contributed by atoms with Crippen LogP contribution in [0.2, 0.25) is 0 Å². The molecular formula is C16H24FNO2S. The van der Waals surface area contributed by atoms with Gasteiger partial charge < -0.3 is 10.4 Å². The molecule has 1 unspecified atom stereocenters. The van der Waals surface area contributed by atoms with Crippen molar-refractivity contribution in [3.05, 3.63) is 30.1 Å². The van der Waals surface area contributed by atoms with Crippen molar-refractivity contribution in [2.45, 2.75) is 44.1 Å². The number of amides is 1. The van der Waals surface area contributed by atoms with Gasteiger partial charge in [-0.25, -0.2) is 4.39 Å². The number of halogens is 1. The second-order valence-electron chi connectivity index (χ2n) is 5.92. The molecule has 0 fully saturated rings. The Labute approximate surface area is 130 Å². The highest BCUT2D eigenvalue weighted by Gasteiger charge is 2.22. The maximum atomic E-state index is 12.7. The summed E-state index contributed by atoms with van der Waals surface area (Å²) in [6.45, 7) is 6.08. The minimum Gasteiger partial charge on any atom is -0.388 e. The standard InChI is InChI=1S/C16H24FNO2S/c1-12(2)10-16(3,20)11-18-15(19)8-9-21-14-6-4-13(17)5-7-14/h4-7,12,20H,8-11H2,1-3H3,(H,18,19). The van der Waals surface area contributed by atoms with Crippen LogP contribution in [-0.2, 0) is 4.79 Å². The first-order chi connectivity index (χ1) is 9.78. The maximum absolute atomic E-state index is 12.7. The third kappa shape index (κ3) is 8.07. The molecule has 0 aliphatic rings. The van der Waals surface area contributed by atoms with Gasteiger partial charge in [0, 0.05) is 23.6 Å². The fourth-order valence-corrected chi connectivity index (χ4v) is 2.97. The lowest BCUT2D eigenvalue weighted by atomic mass is 9.94. The van der Waals surface area contributed by atoms with E-state index < -0.39 is 5.60 Å². The van der Waals surface area contributed by atoms with E-state index in [1.165, 1.54) is 23.9 Å². The van der Waals surface area contributed by atoms with E-state index in [1.54, 1.807) is 19.1 Å². The minimum absolute atomic E-state index is 0.0753. The Morgan fingerprint density at radius 3 is 2.57 bits per heavy atom. The van der Waals surface area contributed by atoms with Crippen molar-refractivity contribution in [2.24, 2.45) is 5.92 Å². The van der Waals surface area contributed by atoms with Crippen molar-refractivity contribution in [3.8, 4) is 0 Å². The molecule has 0 aliphatic heterocycles. The smallest absolute Gasteiger partial charge is 0.220 e. The molecule has 1 atom stereocenters. The molecule has 5 heteroatoms. The van der Waals surface area contributed by atoms with E-state index in [4.69, 9.17) is 0 Å². The van der Waals surface area contributed by atoms with Gasteiger partial charge in [0.2, 0.25) is 5.91 Å². The largest absolute Gasteiger partial charge is 0.388 e. The van der Waals surface area contributed by atoms with Gasteiger partial charge in [0.15, 0.2) is 0 Å². The first-order valence-electron chi connectivity index (χ1n) is 7.16. The van der Waals surface area contributed by atoms with Gasteiger partial charge in [-0.2, -0.15) is 0 Å². The molecule has 118 valence electrons. The third-order valence-electron chi connectivity index (χ3n) is 2.93. The van der Waals surface area contributed by atoms with Crippen molar-refractivity contribution < 1.29 is 14.3 Å². The van der Waals surface area contributed by atoms with Gasteiger partial charge in [-0.05, 0) is 43.5 Å². The topological polar surface area (TPSA) is 49.3 Å². The Hall–Kier alpha value is -1.07. The van der Waals surface area contributed by atoms with Crippen LogP contribution in [0.4, 0.5) is 4.39 Å². The molecule has 1 aromatic carbocycles. The molecule has 0 spiro atoms. The highest BCUT2D eigenvalue weighted by molar-refractivity contribution is 7.99. The van der Waals surface area contributed by atoms with E-state index in [9.17, 15) is 14.3 Å². The SMILES string of the molecule is CC(C)CC(C)(O)CNC(=O)CCSc1ccc(F)cc1. The third-order valence-corrected chi connectivity index (χ3v) is 3.94. The number of rotatable bonds is 8. The number of thioether (sulfide) groups is 1. The highest BCUT2D eigenvalue weighted by atomic mass is 32.2. The van der Waals surface area contributed by atoms with Crippen LogP contribution < -0.4 is 5.32 Å². The Kier molecular flexibility index (Phi) is 7.18. The lowest BCUT2D eigenvalue weighted by Gasteiger charge is -2.25. The maximum Gasteiger partial charge on any atom is 0.220 e. The van der Waals surface area contributed by atoms with Gasteiger partial charge in [0.1, 0.15) is 5.82 Å². The lowest BCUT2D eigenvalue weighted by Crippen LogP contribution is -2.41. The molecule has 0 saturated carbocycles. The molecule has 1 amide bonds. The van der Waals surface area contributed by atoms with Gasteiger partial charge >= 0.3 is 0 Å². The summed E-state index contributed by atoms with van der Waals surface area (Å²) < 4.78 is 12.7. The first-order valence-corrected chi connectivity index (χ1v) is 8.14. The predicted octanol–water partition coefficient (Wildman–Crippen LogP) is 3.22. The molecule has 0 saturated heterocycles. The van der Waals surface area contributed by atoms with Gasteiger partial charge in [-0.1, -0.05) is 13.8 Å². The summed E-state index contributed by atoms with van der Waals surface area (Å²) in [6, 6.07) is 6.22. The summed E-state index contributed by atoms with van der Waals surface area (Å²) in [6.07, 6.45) is 1.03. The molecular weight excluding hydrogens is 289 g/mol. The summed E-state index contributed by atoms with van der Waals surface area (Å²) in [4.78, 5) is 12.7. The van der Waals surface area contributed by atoms with Crippen molar-refractivity contribution in [3.63, 3.8) is 0 Å². The zero-order valence-corrected chi connectivity index (χ0v) is 13.7. The Morgan fingerprint density at radius 2 is 2.00 bits per heavy atom. The molecule has 0 aliphatic carbocycles. The lowest BCUT2D eigenvalue weighted by molar-refractivity contribution is -0.121. The molecule has 0 radical (unpaired) electrons. The molecule has 1 rings (SSSR count). The quantitative estimate of drug-likeness (QED) is 0.725. The molecule has 0 aromatic heterocycles. The van der Waals surface area contributed by atoms with Crippen molar-refractivity contribution in [1.29, 1.82) is 0 Å². The molecule has 2 N–H and O–H groups in total. The van der Waals surface area contributed by atoms with E-state index in [1.807, 2.05) is 13.8 Å². The van der Waals surface area contributed by atoms with E-state index in [0.717, 1.165) is 4.90 Å². The average Bonchev–Trinajstić information content (AvgIpc) is 2.37. The van der Waals surface area contributed by atoms with Crippen molar-refractivity contribution in [1.82, 2.24) is 5.32 Å². The Bertz CT molecular complexity index is 446. The minimum atomic E-state index is -0.867. The summed E-state index contributed by atoms with van der Waals surface area (Å²) in [5.41, 5.74) is -0.867. The van der Waals surface area contributed by atoms with Crippen LogP contribution in [0.15, 0.2) is 29.2 Å². The van der Waals surface area contributed by atoms with E-state index in [2.05, 4.69) is 5.32 Å². The number of hydrogen-bond donors (Lipinski definition) is 2. The average molecular weight is 313 g/mol. The second-order valence-corrected chi connectivity index (χ2v) is 7.09. The molecule has 0 heterocycles. The van der Waals surface area contributed by atoms with Crippen molar-refractivity contribution in [2.75, 3.05) is 12.3 Å². The summed E-state index contributed by atoms with van der Waals surface area (Å²) in [5, 5.41) is 12.9. The predicted molar refractivity (Wildman–Crippen MR) is 84.8 cm³/mol. The zero-order chi connectivity index (χ0) is 15.9. The van der Waals surface area contributed by atoms with Crippen molar-refractivity contribution >= 4 is 17.7 Å². The van der Waals surface area contributed by atoms with Crippen LogP contribution in [-0.4, -0.2) is 28.9 Å². The van der Waals surface area contributed by atoms with Gasteiger partial charge in [0.05, 0.1) is 5.60 Å². The number of aliphatic hydroxyl groups is 1. The first kappa shape index (κ1) is 18.0. The van der Waals surface area contributed by atoms with Gasteiger partial charge in [-0.15, -0.1) is 11.8 Å². The molecule has 21 heavy (non-hydrogen) atoms. The fraction of sp³-hybridized carbons (Fsp3) is 0.562. The van der Waals surface area contributed by atoms with E-state index >= 15 is 0 Å². The number of hydrogen-bond acceptors (Lipinski definition) is 3. The molecule has 1 aromatic rings. The molecule has 3 nitrogen and oxygen atoms in total. The van der Waals surface area contributed by atoms with Gasteiger partial charge in [0.25, 0.3) is 0 Å². The highest BCUT2D eigenvalue weighted by Crippen LogP contribution is 2.19. The number of carbonyl (C=O) groups is 1. The monoisotopic (exact) mass is 313 g/mol. The summed E-state index contributed by atoms with van der Waals surface area (Å²) in [7, 11) is 0. The van der Waals surface area contributed by atoms with Crippen LogP contribution in [0, 0.1) is 11.7 Å². The summed E-state index contributed by atoms with van der Waals surface area (Å²) in [5.74, 6) is 0.674. The summed E-state index contributed by atoms with van der Waals surface area (Å²) >= 11 is 1.51. The number of benzene rings is 1. The van der Waals surface area contributed by atoms with Crippen LogP contribution >= 0.6 is 11.8 Å². The number of carbonyl (C=O) groups excluding carboxylic acids is 1.